The molecule has 1 aromatic carbocycles. The third-order valence-electron chi connectivity index (χ3n) is 2.19. The summed E-state index contributed by atoms with van der Waals surface area (Å²) in [6, 6.07) is 5.53. The molecule has 0 aliphatic heterocycles. The first-order valence-corrected chi connectivity index (χ1v) is 4.92. The van der Waals surface area contributed by atoms with Gasteiger partial charge in [-0.15, -0.1) is 0 Å². The van der Waals surface area contributed by atoms with Gasteiger partial charge < -0.3 is 11.1 Å². The van der Waals surface area contributed by atoms with Gasteiger partial charge in [0.05, 0.1) is 5.56 Å². The Labute approximate surface area is 97.0 Å². The first-order chi connectivity index (χ1) is 8.06. The molecule has 1 amide bonds. The molecule has 0 fully saturated rings. The lowest BCUT2D eigenvalue weighted by Gasteiger charge is -2.03. The SMILES string of the molecule is Cn1ccc(NC(=O)c2ccc(N)cc2F)n1. The second kappa shape index (κ2) is 4.25. The zero-order chi connectivity index (χ0) is 12.4. The van der Waals surface area contributed by atoms with Gasteiger partial charge in [0, 0.05) is 25.0 Å². The molecule has 1 heterocycles. The van der Waals surface area contributed by atoms with Crippen molar-refractivity contribution in [1.29, 1.82) is 0 Å². The third-order valence-corrected chi connectivity index (χ3v) is 2.19. The molecule has 17 heavy (non-hydrogen) atoms. The van der Waals surface area contributed by atoms with Crippen molar-refractivity contribution in [3.63, 3.8) is 0 Å². The number of benzene rings is 1. The Hall–Kier alpha value is -2.37. The zero-order valence-corrected chi connectivity index (χ0v) is 9.14. The third kappa shape index (κ3) is 2.41. The molecule has 0 saturated carbocycles. The van der Waals surface area contributed by atoms with E-state index in [0.29, 0.717) is 5.82 Å². The maximum Gasteiger partial charge on any atom is 0.259 e. The van der Waals surface area contributed by atoms with Gasteiger partial charge in [0.15, 0.2) is 5.82 Å². The highest BCUT2D eigenvalue weighted by Crippen LogP contribution is 2.13. The number of nitrogens with two attached hydrogens (primary N) is 1. The van der Waals surface area contributed by atoms with Crippen LogP contribution in [0.15, 0.2) is 30.5 Å². The van der Waals surface area contributed by atoms with Crippen LogP contribution in [0.3, 0.4) is 0 Å². The predicted octanol–water partition coefficient (Wildman–Crippen LogP) is 1.39. The van der Waals surface area contributed by atoms with Crippen molar-refractivity contribution in [3.05, 3.63) is 41.8 Å². The van der Waals surface area contributed by atoms with E-state index in [-0.39, 0.29) is 11.3 Å². The number of hydrogen-bond donors (Lipinski definition) is 2. The van der Waals surface area contributed by atoms with Crippen molar-refractivity contribution in [3.8, 4) is 0 Å². The van der Waals surface area contributed by atoms with Gasteiger partial charge in [0.2, 0.25) is 0 Å². The van der Waals surface area contributed by atoms with Crippen LogP contribution in [0.4, 0.5) is 15.9 Å². The maximum atomic E-state index is 13.4. The summed E-state index contributed by atoms with van der Waals surface area (Å²) in [4.78, 5) is 11.7. The molecule has 0 bridgehead atoms. The topological polar surface area (TPSA) is 72.9 Å². The van der Waals surface area contributed by atoms with Crippen molar-refractivity contribution in [2.75, 3.05) is 11.1 Å². The lowest BCUT2D eigenvalue weighted by molar-refractivity contribution is 0.102. The van der Waals surface area contributed by atoms with E-state index in [0.717, 1.165) is 6.07 Å². The Bertz CT molecular complexity index is 564. The normalized spacial score (nSPS) is 10.2. The smallest absolute Gasteiger partial charge is 0.259 e. The summed E-state index contributed by atoms with van der Waals surface area (Å²) in [5.74, 6) is -0.839. The van der Waals surface area contributed by atoms with Crippen molar-refractivity contribution in [1.82, 2.24) is 9.78 Å². The summed E-state index contributed by atoms with van der Waals surface area (Å²) in [5, 5.41) is 6.45. The minimum Gasteiger partial charge on any atom is -0.399 e. The van der Waals surface area contributed by atoms with Gasteiger partial charge in [-0.1, -0.05) is 0 Å². The van der Waals surface area contributed by atoms with E-state index in [9.17, 15) is 9.18 Å². The van der Waals surface area contributed by atoms with Gasteiger partial charge in [0.25, 0.3) is 5.91 Å². The largest absolute Gasteiger partial charge is 0.399 e. The van der Waals surface area contributed by atoms with Crippen LogP contribution >= 0.6 is 0 Å². The van der Waals surface area contributed by atoms with Crippen LogP contribution < -0.4 is 11.1 Å². The zero-order valence-electron chi connectivity index (χ0n) is 9.14. The van der Waals surface area contributed by atoms with Crippen LogP contribution in [-0.4, -0.2) is 15.7 Å². The first kappa shape index (κ1) is 11.1. The summed E-state index contributed by atoms with van der Waals surface area (Å²) < 4.78 is 15.0. The van der Waals surface area contributed by atoms with Crippen LogP contribution in [-0.2, 0) is 7.05 Å². The Balaban J connectivity index is 2.20. The van der Waals surface area contributed by atoms with Crippen LogP contribution in [0, 0.1) is 5.82 Å². The molecule has 0 aliphatic rings. The number of rotatable bonds is 2. The highest BCUT2D eigenvalue weighted by molar-refractivity contribution is 6.04. The maximum absolute atomic E-state index is 13.4. The summed E-state index contributed by atoms with van der Waals surface area (Å²) in [6.45, 7) is 0. The highest BCUT2D eigenvalue weighted by Gasteiger charge is 2.12. The minimum atomic E-state index is -0.654. The molecule has 88 valence electrons. The average Bonchev–Trinajstić information content (AvgIpc) is 2.63. The quantitative estimate of drug-likeness (QED) is 0.771. The molecule has 0 spiro atoms. The number of nitrogens with zero attached hydrogens (tertiary/aromatic N) is 2. The van der Waals surface area contributed by atoms with Crippen molar-refractivity contribution < 1.29 is 9.18 Å². The van der Waals surface area contributed by atoms with Gasteiger partial charge in [-0.05, 0) is 18.2 Å². The molecule has 0 atom stereocenters. The fraction of sp³-hybridized carbons (Fsp3) is 0.0909. The summed E-state index contributed by atoms with van der Waals surface area (Å²) >= 11 is 0. The predicted molar refractivity (Wildman–Crippen MR) is 62.0 cm³/mol. The number of nitrogens with one attached hydrogen (secondary N) is 1. The van der Waals surface area contributed by atoms with Crippen LogP contribution in [0.2, 0.25) is 0 Å². The van der Waals surface area contributed by atoms with E-state index in [1.165, 1.54) is 16.8 Å². The molecule has 2 aromatic rings. The lowest BCUT2D eigenvalue weighted by Crippen LogP contribution is -2.14. The van der Waals surface area contributed by atoms with Crippen molar-refractivity contribution in [2.24, 2.45) is 7.05 Å². The lowest BCUT2D eigenvalue weighted by atomic mass is 10.2. The Morgan fingerprint density at radius 1 is 1.47 bits per heavy atom. The Kier molecular flexibility index (Phi) is 2.78. The van der Waals surface area contributed by atoms with Crippen LogP contribution in [0.25, 0.3) is 0 Å². The molecular formula is C11H11FN4O. The number of amides is 1. The van der Waals surface area contributed by atoms with Crippen molar-refractivity contribution in [2.45, 2.75) is 0 Å². The van der Waals surface area contributed by atoms with E-state index >= 15 is 0 Å². The summed E-state index contributed by atoms with van der Waals surface area (Å²) in [6.07, 6.45) is 1.68. The molecule has 0 saturated heterocycles. The fourth-order valence-electron chi connectivity index (χ4n) is 1.38. The number of hydrogen-bond acceptors (Lipinski definition) is 3. The first-order valence-electron chi connectivity index (χ1n) is 4.92. The molecule has 0 radical (unpaired) electrons. The number of halogens is 1. The van der Waals surface area contributed by atoms with Gasteiger partial charge in [-0.3, -0.25) is 9.48 Å². The molecule has 1 aromatic heterocycles. The highest BCUT2D eigenvalue weighted by atomic mass is 19.1. The average molecular weight is 234 g/mol. The second-order valence-electron chi connectivity index (χ2n) is 3.57. The second-order valence-corrected chi connectivity index (χ2v) is 3.57. The molecule has 6 heteroatoms. The van der Waals surface area contributed by atoms with Gasteiger partial charge in [-0.25, -0.2) is 4.39 Å². The molecule has 0 aliphatic carbocycles. The molecular weight excluding hydrogens is 223 g/mol. The van der Waals surface area contributed by atoms with Crippen LogP contribution in [0.1, 0.15) is 10.4 Å². The number of carbonyl (C=O) groups excluding carboxylic acids is 1. The Morgan fingerprint density at radius 3 is 2.82 bits per heavy atom. The van der Waals surface area contributed by atoms with Gasteiger partial charge in [-0.2, -0.15) is 5.10 Å². The molecule has 2 rings (SSSR count). The molecule has 5 nitrogen and oxygen atoms in total. The number of aryl methyl sites for hydroxylation is 1. The van der Waals surface area contributed by atoms with E-state index in [4.69, 9.17) is 5.73 Å². The van der Waals surface area contributed by atoms with E-state index in [1.54, 1.807) is 19.3 Å². The fourth-order valence-corrected chi connectivity index (χ4v) is 1.38. The van der Waals surface area contributed by atoms with Gasteiger partial charge >= 0.3 is 0 Å². The summed E-state index contributed by atoms with van der Waals surface area (Å²) in [7, 11) is 1.72. The Morgan fingerprint density at radius 2 is 2.24 bits per heavy atom. The monoisotopic (exact) mass is 234 g/mol. The number of nitrogen functional groups attached to an aromatic ring is 1. The van der Waals surface area contributed by atoms with E-state index < -0.39 is 11.7 Å². The van der Waals surface area contributed by atoms with E-state index in [2.05, 4.69) is 10.4 Å². The molecule has 3 N–H and O–H groups in total. The number of carbonyl (C=O) groups is 1. The molecule has 0 unspecified atom stereocenters. The minimum absolute atomic E-state index is 0.0650. The number of aromatic nitrogens is 2. The standard InChI is InChI=1S/C11H11FN4O/c1-16-5-4-10(15-16)14-11(17)8-3-2-7(13)6-9(8)12/h2-6H,13H2,1H3,(H,14,15,17). The van der Waals surface area contributed by atoms with E-state index in [1.807, 2.05) is 0 Å². The van der Waals surface area contributed by atoms with Gasteiger partial charge in [0.1, 0.15) is 5.82 Å². The van der Waals surface area contributed by atoms with Crippen molar-refractivity contribution >= 4 is 17.4 Å². The number of anilines is 2. The van der Waals surface area contributed by atoms with Crippen LogP contribution in [0.5, 0.6) is 0 Å². The summed E-state index contributed by atoms with van der Waals surface area (Å²) in [5.41, 5.74) is 5.61.